The van der Waals surface area contributed by atoms with Crippen molar-refractivity contribution in [3.63, 3.8) is 0 Å². The van der Waals surface area contributed by atoms with Crippen molar-refractivity contribution in [2.75, 3.05) is 5.73 Å². The molecular formula is C22H22N8O3S. The molecule has 2 aromatic heterocycles. The molecule has 0 bridgehead atoms. The Kier molecular flexibility index (Phi) is 6.87. The Morgan fingerprint density at radius 2 is 1.91 bits per heavy atom. The van der Waals surface area contributed by atoms with Gasteiger partial charge in [0.2, 0.25) is 11.6 Å². The van der Waals surface area contributed by atoms with Gasteiger partial charge < -0.3 is 10.8 Å². The average Bonchev–Trinajstić information content (AvgIpc) is 3.45. The predicted molar refractivity (Wildman–Crippen MR) is 127 cm³/mol. The Bertz CT molecular complexity index is 1310. The van der Waals surface area contributed by atoms with E-state index in [1.165, 1.54) is 16.4 Å². The summed E-state index contributed by atoms with van der Waals surface area (Å²) in [4.78, 5) is 14.0. The van der Waals surface area contributed by atoms with Gasteiger partial charge in [-0.1, -0.05) is 29.8 Å². The van der Waals surface area contributed by atoms with Gasteiger partial charge in [-0.15, -0.1) is 16.9 Å². The summed E-state index contributed by atoms with van der Waals surface area (Å²) in [7, 11) is 0. The molecule has 0 fully saturated rings. The molecule has 4 N–H and O–H groups in total. The second kappa shape index (κ2) is 10.2. The van der Waals surface area contributed by atoms with Crippen molar-refractivity contribution in [1.82, 2.24) is 30.7 Å². The summed E-state index contributed by atoms with van der Waals surface area (Å²) in [6, 6.07) is 14.6. The van der Waals surface area contributed by atoms with E-state index < -0.39 is 5.91 Å². The minimum absolute atomic E-state index is 0.0251. The number of carbonyl (C=O) groups is 1. The van der Waals surface area contributed by atoms with Gasteiger partial charge in [-0.05, 0) is 65.6 Å². The second-order valence-corrected chi connectivity index (χ2v) is 8.32. The number of nitrogens with zero attached hydrogens (tertiary/aromatic N) is 6. The topological polar surface area (TPSA) is 157 Å². The van der Waals surface area contributed by atoms with E-state index in [1.807, 2.05) is 38.1 Å². The first-order chi connectivity index (χ1) is 16.5. The highest BCUT2D eigenvalue weighted by Crippen LogP contribution is 2.26. The highest BCUT2D eigenvalue weighted by Gasteiger charge is 2.24. The Morgan fingerprint density at radius 3 is 2.56 bits per heavy atom. The fourth-order valence-corrected chi connectivity index (χ4v) is 3.97. The molecule has 0 aliphatic carbocycles. The fourth-order valence-electron chi connectivity index (χ4n) is 3.07. The third-order valence-electron chi connectivity index (χ3n) is 4.90. The lowest BCUT2D eigenvalue weighted by atomic mass is 10.1. The number of hydrazone groups is 1. The van der Waals surface area contributed by atoms with Gasteiger partial charge in [0.05, 0.1) is 11.4 Å². The van der Waals surface area contributed by atoms with E-state index in [1.54, 1.807) is 24.3 Å². The first-order valence-electron chi connectivity index (χ1n) is 10.3. The van der Waals surface area contributed by atoms with E-state index in [0.717, 1.165) is 16.0 Å². The third-order valence-corrected chi connectivity index (χ3v) is 5.92. The number of thioether (sulfide) groups is 1. The molecule has 0 radical (unpaired) electrons. The molecule has 12 heteroatoms. The summed E-state index contributed by atoms with van der Waals surface area (Å²) in [6.45, 7) is 3.93. The molecule has 0 saturated carbocycles. The maximum Gasteiger partial charge on any atom is 0.293 e. The Hall–Kier alpha value is -4.19. The molecule has 1 amide bonds. The van der Waals surface area contributed by atoms with Crippen LogP contribution in [0.2, 0.25) is 0 Å². The minimum atomic E-state index is -0.537. The summed E-state index contributed by atoms with van der Waals surface area (Å²) in [6.07, 6.45) is 0.565. The zero-order valence-corrected chi connectivity index (χ0v) is 19.3. The van der Waals surface area contributed by atoms with Gasteiger partial charge in [0.25, 0.3) is 5.91 Å². The summed E-state index contributed by atoms with van der Waals surface area (Å²) in [5, 5.41) is 29.2. The quantitative estimate of drug-likeness (QED) is 0.197. The first-order valence-corrected chi connectivity index (χ1v) is 11.3. The van der Waals surface area contributed by atoms with Gasteiger partial charge in [-0.3, -0.25) is 4.79 Å². The van der Waals surface area contributed by atoms with Crippen molar-refractivity contribution in [3.05, 3.63) is 71.0 Å². The van der Waals surface area contributed by atoms with E-state index >= 15 is 0 Å². The van der Waals surface area contributed by atoms with Crippen LogP contribution in [0, 0.1) is 6.92 Å². The molecule has 0 saturated heterocycles. The maximum absolute atomic E-state index is 13.0. The standard InChI is InChI=1S/C22H22N8O3S/c1-3-17(14-6-8-15(31)9-7-14)24-26-22(32)19-18(12-34-16-10-4-13(2)5-11-16)30(29-25-19)21-20(23)27-33-28-21/h4-11,31H,3,12H2,1-2H3,(H2,23,27)(H,26,32)/b24-17-. The lowest BCUT2D eigenvalue weighted by Crippen LogP contribution is -2.22. The van der Waals surface area contributed by atoms with Crippen molar-refractivity contribution in [1.29, 1.82) is 0 Å². The molecule has 34 heavy (non-hydrogen) atoms. The largest absolute Gasteiger partial charge is 0.508 e. The number of rotatable bonds is 8. The number of amides is 1. The van der Waals surface area contributed by atoms with Crippen LogP contribution in [0.4, 0.5) is 5.82 Å². The SMILES string of the molecule is CC/C(=N/NC(=O)c1nnn(-c2nonc2N)c1CSc1ccc(C)cc1)c1ccc(O)cc1. The zero-order valence-electron chi connectivity index (χ0n) is 18.5. The van der Waals surface area contributed by atoms with Crippen LogP contribution < -0.4 is 11.2 Å². The van der Waals surface area contributed by atoms with Crippen LogP contribution in [-0.4, -0.2) is 42.0 Å². The maximum atomic E-state index is 13.0. The minimum Gasteiger partial charge on any atom is -0.508 e. The second-order valence-electron chi connectivity index (χ2n) is 7.27. The van der Waals surface area contributed by atoms with Crippen LogP contribution in [0.3, 0.4) is 0 Å². The summed E-state index contributed by atoms with van der Waals surface area (Å²) >= 11 is 1.50. The molecule has 4 rings (SSSR count). The van der Waals surface area contributed by atoms with E-state index in [0.29, 0.717) is 23.6 Å². The molecular weight excluding hydrogens is 456 g/mol. The van der Waals surface area contributed by atoms with E-state index in [9.17, 15) is 9.90 Å². The predicted octanol–water partition coefficient (Wildman–Crippen LogP) is 3.08. The molecule has 0 spiro atoms. The van der Waals surface area contributed by atoms with Crippen LogP contribution in [0.1, 0.15) is 40.7 Å². The monoisotopic (exact) mass is 478 g/mol. The lowest BCUT2D eigenvalue weighted by Gasteiger charge is -2.07. The number of phenols is 1. The van der Waals surface area contributed by atoms with Gasteiger partial charge in [-0.2, -0.15) is 9.78 Å². The highest BCUT2D eigenvalue weighted by atomic mass is 32.2. The normalized spacial score (nSPS) is 11.5. The molecule has 0 unspecified atom stereocenters. The van der Waals surface area contributed by atoms with Gasteiger partial charge >= 0.3 is 0 Å². The van der Waals surface area contributed by atoms with Crippen LogP contribution >= 0.6 is 11.8 Å². The van der Waals surface area contributed by atoms with Crippen molar-refractivity contribution < 1.29 is 14.5 Å². The van der Waals surface area contributed by atoms with Crippen molar-refractivity contribution in [2.24, 2.45) is 5.10 Å². The smallest absolute Gasteiger partial charge is 0.293 e. The molecule has 0 aliphatic heterocycles. The summed E-state index contributed by atoms with van der Waals surface area (Å²) in [5.41, 5.74) is 11.5. The van der Waals surface area contributed by atoms with E-state index in [2.05, 4.69) is 31.2 Å². The number of anilines is 1. The van der Waals surface area contributed by atoms with E-state index in [4.69, 9.17) is 10.4 Å². The zero-order chi connectivity index (χ0) is 24.1. The Labute approximate surface area is 199 Å². The number of benzene rings is 2. The number of nitrogen functional groups attached to an aromatic ring is 1. The average molecular weight is 479 g/mol. The molecule has 0 aliphatic rings. The number of nitrogens with two attached hydrogens (primary N) is 1. The number of carbonyl (C=O) groups excluding carboxylic acids is 1. The molecule has 2 heterocycles. The number of aryl methyl sites for hydroxylation is 1. The van der Waals surface area contributed by atoms with Crippen molar-refractivity contribution in [3.8, 4) is 11.6 Å². The van der Waals surface area contributed by atoms with E-state index in [-0.39, 0.29) is 23.1 Å². The third kappa shape index (κ3) is 5.07. The van der Waals surface area contributed by atoms with Gasteiger partial charge in [-0.25, -0.2) is 10.1 Å². The Morgan fingerprint density at radius 1 is 1.18 bits per heavy atom. The van der Waals surface area contributed by atoms with Crippen LogP contribution in [0.25, 0.3) is 5.82 Å². The van der Waals surface area contributed by atoms with Crippen LogP contribution in [0.15, 0.2) is 63.2 Å². The fraction of sp³-hybridized carbons (Fsp3) is 0.182. The van der Waals surface area contributed by atoms with Gasteiger partial charge in [0.1, 0.15) is 5.75 Å². The van der Waals surface area contributed by atoms with Gasteiger partial charge in [0.15, 0.2) is 5.69 Å². The molecule has 4 aromatic rings. The number of phenolic OH excluding ortho intramolecular Hbond substituents is 1. The molecule has 11 nitrogen and oxygen atoms in total. The number of hydrogen-bond acceptors (Lipinski definition) is 10. The first kappa shape index (κ1) is 23.0. The van der Waals surface area contributed by atoms with Crippen LogP contribution in [0.5, 0.6) is 5.75 Å². The highest BCUT2D eigenvalue weighted by molar-refractivity contribution is 7.98. The van der Waals surface area contributed by atoms with Crippen molar-refractivity contribution in [2.45, 2.75) is 30.9 Å². The molecule has 2 aromatic carbocycles. The number of aromatic hydroxyl groups is 1. The number of hydrogen-bond donors (Lipinski definition) is 3. The molecule has 174 valence electrons. The van der Waals surface area contributed by atoms with Crippen LogP contribution in [-0.2, 0) is 5.75 Å². The Balaban J connectivity index is 1.61. The van der Waals surface area contributed by atoms with Crippen molar-refractivity contribution >= 4 is 29.2 Å². The summed E-state index contributed by atoms with van der Waals surface area (Å²) < 4.78 is 6.03. The van der Waals surface area contributed by atoms with Gasteiger partial charge in [0, 0.05) is 10.6 Å². The lowest BCUT2D eigenvalue weighted by molar-refractivity contribution is 0.0949. The number of aromatic nitrogens is 5. The summed E-state index contributed by atoms with van der Waals surface area (Å²) in [5.74, 6) is 0.139. The molecule has 0 atom stereocenters. The number of nitrogens with one attached hydrogen (secondary N) is 1.